The number of benzene rings is 1. The van der Waals surface area contributed by atoms with Gasteiger partial charge in [-0.1, -0.05) is 13.8 Å². The molecule has 0 spiro atoms. The maximum absolute atomic E-state index is 13.7. The molecule has 1 aromatic rings. The van der Waals surface area contributed by atoms with E-state index < -0.39 is 23.6 Å². The molecule has 1 aromatic carbocycles. The predicted molar refractivity (Wildman–Crippen MR) is 71.2 cm³/mol. The highest BCUT2D eigenvalue weighted by molar-refractivity contribution is 5.94. The molecule has 0 aliphatic heterocycles. The van der Waals surface area contributed by atoms with Crippen molar-refractivity contribution in [2.45, 2.75) is 13.8 Å². The molecule has 2 N–H and O–H groups in total. The molecule has 0 saturated heterocycles. The van der Waals surface area contributed by atoms with Crippen LogP contribution in [0.3, 0.4) is 0 Å². The second-order valence-corrected chi connectivity index (χ2v) is 4.74. The fourth-order valence-corrected chi connectivity index (χ4v) is 1.71. The Morgan fingerprint density at radius 1 is 1.40 bits per heavy atom. The molecule has 0 bridgehead atoms. The number of methoxy groups -OCH3 is 1. The number of rotatable bonds is 6. The number of carboxylic acids is 1. The molecule has 0 aliphatic carbocycles. The van der Waals surface area contributed by atoms with Crippen molar-refractivity contribution in [3.05, 3.63) is 29.6 Å². The van der Waals surface area contributed by atoms with Gasteiger partial charge in [-0.2, -0.15) is 0 Å². The van der Waals surface area contributed by atoms with Crippen molar-refractivity contribution in [1.29, 1.82) is 0 Å². The smallest absolute Gasteiger partial charge is 0.308 e. The first-order valence-electron chi connectivity index (χ1n) is 6.21. The largest absolute Gasteiger partial charge is 0.497 e. The molecule has 0 radical (unpaired) electrons. The molecule has 1 unspecified atom stereocenters. The van der Waals surface area contributed by atoms with Crippen LogP contribution in [0.4, 0.5) is 4.39 Å². The first-order valence-corrected chi connectivity index (χ1v) is 6.21. The number of carbonyl (C=O) groups excluding carboxylic acids is 1. The average molecular weight is 283 g/mol. The van der Waals surface area contributed by atoms with E-state index in [4.69, 9.17) is 9.84 Å². The molecule has 5 nitrogen and oxygen atoms in total. The Labute approximate surface area is 116 Å². The Kier molecular flexibility index (Phi) is 5.49. The summed E-state index contributed by atoms with van der Waals surface area (Å²) in [5.41, 5.74) is -0.140. The van der Waals surface area contributed by atoms with Crippen molar-refractivity contribution in [2.75, 3.05) is 13.7 Å². The molecular weight excluding hydrogens is 265 g/mol. The zero-order chi connectivity index (χ0) is 15.3. The van der Waals surface area contributed by atoms with Crippen molar-refractivity contribution in [2.24, 2.45) is 11.8 Å². The van der Waals surface area contributed by atoms with Gasteiger partial charge in [-0.25, -0.2) is 4.39 Å². The standard InChI is InChI=1S/C14H18FNO4/c1-8(2)11(14(18)19)7-16-13(17)10-5-4-9(20-3)6-12(10)15/h4-6,8,11H,7H2,1-3H3,(H,16,17)(H,18,19). The van der Waals surface area contributed by atoms with Crippen LogP contribution in [0.15, 0.2) is 18.2 Å². The van der Waals surface area contributed by atoms with Gasteiger partial charge in [-0.3, -0.25) is 9.59 Å². The lowest BCUT2D eigenvalue weighted by atomic mass is 9.96. The highest BCUT2D eigenvalue weighted by Gasteiger charge is 2.23. The van der Waals surface area contributed by atoms with E-state index in [1.165, 1.54) is 19.2 Å². The normalized spacial score (nSPS) is 12.1. The maximum Gasteiger partial charge on any atom is 0.308 e. The van der Waals surface area contributed by atoms with Gasteiger partial charge in [-0.15, -0.1) is 0 Å². The Morgan fingerprint density at radius 3 is 2.50 bits per heavy atom. The number of carbonyl (C=O) groups is 2. The SMILES string of the molecule is COc1ccc(C(=O)NCC(C(=O)O)C(C)C)c(F)c1. The zero-order valence-electron chi connectivity index (χ0n) is 11.6. The molecule has 0 saturated carbocycles. The van der Waals surface area contributed by atoms with Crippen LogP contribution in [-0.4, -0.2) is 30.6 Å². The number of amides is 1. The fourth-order valence-electron chi connectivity index (χ4n) is 1.71. The molecule has 20 heavy (non-hydrogen) atoms. The lowest BCUT2D eigenvalue weighted by Gasteiger charge is -2.16. The lowest BCUT2D eigenvalue weighted by molar-refractivity contribution is -0.142. The van der Waals surface area contributed by atoms with Crippen molar-refractivity contribution in [3.63, 3.8) is 0 Å². The van der Waals surface area contributed by atoms with Gasteiger partial charge in [0, 0.05) is 12.6 Å². The van der Waals surface area contributed by atoms with E-state index in [1.54, 1.807) is 13.8 Å². The summed E-state index contributed by atoms with van der Waals surface area (Å²) in [7, 11) is 1.40. The van der Waals surface area contributed by atoms with Crippen LogP contribution in [0.5, 0.6) is 5.75 Å². The van der Waals surface area contributed by atoms with E-state index in [0.29, 0.717) is 5.75 Å². The van der Waals surface area contributed by atoms with Crippen LogP contribution in [0.1, 0.15) is 24.2 Å². The van der Waals surface area contributed by atoms with E-state index in [1.807, 2.05) is 0 Å². The monoisotopic (exact) mass is 283 g/mol. The Balaban J connectivity index is 2.74. The van der Waals surface area contributed by atoms with Crippen LogP contribution < -0.4 is 10.1 Å². The van der Waals surface area contributed by atoms with E-state index in [2.05, 4.69) is 5.32 Å². The number of hydrogen-bond donors (Lipinski definition) is 2. The number of nitrogens with one attached hydrogen (secondary N) is 1. The predicted octanol–water partition coefficient (Wildman–Crippen LogP) is 1.92. The van der Waals surface area contributed by atoms with Gasteiger partial charge in [0.1, 0.15) is 11.6 Å². The van der Waals surface area contributed by atoms with E-state index in [0.717, 1.165) is 6.07 Å². The molecule has 1 amide bonds. The molecular formula is C14H18FNO4. The highest BCUT2D eigenvalue weighted by atomic mass is 19.1. The van der Waals surface area contributed by atoms with Crippen LogP contribution in [-0.2, 0) is 4.79 Å². The molecule has 0 heterocycles. The molecule has 1 atom stereocenters. The topological polar surface area (TPSA) is 75.6 Å². The summed E-state index contributed by atoms with van der Waals surface area (Å²) in [6.07, 6.45) is 0. The molecule has 6 heteroatoms. The number of aliphatic carboxylic acids is 1. The van der Waals surface area contributed by atoms with Crippen molar-refractivity contribution in [1.82, 2.24) is 5.32 Å². The summed E-state index contributed by atoms with van der Waals surface area (Å²) in [6.45, 7) is 3.45. The van der Waals surface area contributed by atoms with Gasteiger partial charge in [0.15, 0.2) is 0 Å². The molecule has 0 aromatic heterocycles. The van der Waals surface area contributed by atoms with E-state index in [-0.39, 0.29) is 18.0 Å². The van der Waals surface area contributed by atoms with Gasteiger partial charge >= 0.3 is 5.97 Å². The molecule has 0 aliphatic rings. The molecule has 1 rings (SSSR count). The summed E-state index contributed by atoms with van der Waals surface area (Å²) in [5, 5.41) is 11.4. The van der Waals surface area contributed by atoms with Gasteiger partial charge in [0.2, 0.25) is 0 Å². The average Bonchev–Trinajstić information content (AvgIpc) is 2.37. The highest BCUT2D eigenvalue weighted by Crippen LogP contribution is 2.16. The summed E-state index contributed by atoms with van der Waals surface area (Å²) in [6, 6.07) is 3.87. The van der Waals surface area contributed by atoms with Crippen molar-refractivity contribution in [3.8, 4) is 5.75 Å². The summed E-state index contributed by atoms with van der Waals surface area (Å²) in [5.74, 6) is -2.87. The fraction of sp³-hybridized carbons (Fsp3) is 0.429. The molecule has 110 valence electrons. The van der Waals surface area contributed by atoms with Gasteiger partial charge < -0.3 is 15.2 Å². The first-order chi connectivity index (χ1) is 9.36. The van der Waals surface area contributed by atoms with Crippen LogP contribution in [0, 0.1) is 17.7 Å². The van der Waals surface area contributed by atoms with E-state index in [9.17, 15) is 14.0 Å². The van der Waals surface area contributed by atoms with Crippen LogP contribution >= 0.6 is 0 Å². The Hall–Kier alpha value is -2.11. The van der Waals surface area contributed by atoms with E-state index >= 15 is 0 Å². The quantitative estimate of drug-likeness (QED) is 0.836. The summed E-state index contributed by atoms with van der Waals surface area (Å²) >= 11 is 0. The number of ether oxygens (including phenoxy) is 1. The van der Waals surface area contributed by atoms with Gasteiger partial charge in [0.25, 0.3) is 5.91 Å². The first kappa shape index (κ1) is 15.9. The maximum atomic E-state index is 13.7. The van der Waals surface area contributed by atoms with Gasteiger partial charge in [-0.05, 0) is 18.1 Å². The minimum absolute atomic E-state index is 0.0443. The van der Waals surface area contributed by atoms with Crippen LogP contribution in [0.25, 0.3) is 0 Å². The molecule has 0 fully saturated rings. The third-order valence-corrected chi connectivity index (χ3v) is 3.03. The van der Waals surface area contributed by atoms with Crippen LogP contribution in [0.2, 0.25) is 0 Å². The van der Waals surface area contributed by atoms with Gasteiger partial charge in [0.05, 0.1) is 18.6 Å². The second-order valence-electron chi connectivity index (χ2n) is 4.74. The minimum Gasteiger partial charge on any atom is -0.497 e. The third kappa shape index (κ3) is 3.94. The summed E-state index contributed by atoms with van der Waals surface area (Å²) < 4.78 is 18.5. The van der Waals surface area contributed by atoms with Crippen molar-refractivity contribution < 1.29 is 23.8 Å². The second kappa shape index (κ2) is 6.88. The third-order valence-electron chi connectivity index (χ3n) is 3.03. The Morgan fingerprint density at radius 2 is 2.05 bits per heavy atom. The summed E-state index contributed by atoms with van der Waals surface area (Å²) in [4.78, 5) is 22.8. The number of hydrogen-bond acceptors (Lipinski definition) is 3. The minimum atomic E-state index is -0.990. The van der Waals surface area contributed by atoms with Crippen molar-refractivity contribution >= 4 is 11.9 Å². The Bertz CT molecular complexity index is 502. The number of carboxylic acid groups (broad SMARTS) is 1. The number of halogens is 1. The zero-order valence-corrected chi connectivity index (χ0v) is 11.6. The lowest BCUT2D eigenvalue weighted by Crippen LogP contribution is -2.35.